The standard InChI is InChI=1S/C22H33N5O3/c1-15(2)13-18(23-16(3)28)22-25-24-21-9-10-26(11-12-27(21)22)14-17-19(29-4)7-6-8-20(17)30-5/h6-8,15,18H,9-14H2,1-5H3,(H,23,28)/t18-/m1/s1. The van der Waals surface area contributed by atoms with Crippen molar-refractivity contribution in [1.82, 2.24) is 25.0 Å². The van der Waals surface area contributed by atoms with Crippen LogP contribution < -0.4 is 14.8 Å². The summed E-state index contributed by atoms with van der Waals surface area (Å²) in [6, 6.07) is 5.75. The molecule has 0 bridgehead atoms. The zero-order valence-electron chi connectivity index (χ0n) is 18.6. The fourth-order valence-corrected chi connectivity index (χ4v) is 4.06. The largest absolute Gasteiger partial charge is 0.496 e. The molecule has 1 aliphatic heterocycles. The summed E-state index contributed by atoms with van der Waals surface area (Å²) >= 11 is 0. The molecule has 8 nitrogen and oxygen atoms in total. The topological polar surface area (TPSA) is 81.5 Å². The van der Waals surface area contributed by atoms with Gasteiger partial charge in [-0.1, -0.05) is 19.9 Å². The highest BCUT2D eigenvalue weighted by molar-refractivity contribution is 5.73. The maximum atomic E-state index is 11.7. The number of nitrogens with one attached hydrogen (secondary N) is 1. The zero-order valence-corrected chi connectivity index (χ0v) is 18.6. The third kappa shape index (κ3) is 5.11. The second-order valence-electron chi connectivity index (χ2n) is 8.18. The van der Waals surface area contributed by atoms with Crippen LogP contribution in [-0.4, -0.2) is 52.9 Å². The number of fused-ring (bicyclic) bond motifs is 1. The van der Waals surface area contributed by atoms with E-state index >= 15 is 0 Å². The number of methoxy groups -OCH3 is 2. The van der Waals surface area contributed by atoms with Gasteiger partial charge in [0.25, 0.3) is 0 Å². The average molecular weight is 416 g/mol. The highest BCUT2D eigenvalue weighted by Gasteiger charge is 2.26. The summed E-state index contributed by atoms with van der Waals surface area (Å²) in [6.45, 7) is 9.09. The van der Waals surface area contributed by atoms with Crippen LogP contribution in [0, 0.1) is 5.92 Å². The van der Waals surface area contributed by atoms with E-state index in [1.165, 1.54) is 0 Å². The van der Waals surface area contributed by atoms with E-state index in [1.807, 2.05) is 18.2 Å². The van der Waals surface area contributed by atoms with E-state index in [9.17, 15) is 4.79 Å². The Hall–Kier alpha value is -2.61. The number of carbonyl (C=O) groups is 1. The van der Waals surface area contributed by atoms with Crippen molar-refractivity contribution in [3.05, 3.63) is 35.4 Å². The van der Waals surface area contributed by atoms with Gasteiger partial charge in [-0.2, -0.15) is 0 Å². The summed E-state index contributed by atoms with van der Waals surface area (Å²) in [5, 5.41) is 12.0. The second-order valence-corrected chi connectivity index (χ2v) is 8.18. The van der Waals surface area contributed by atoms with Crippen molar-refractivity contribution >= 4 is 5.91 Å². The Morgan fingerprint density at radius 3 is 2.43 bits per heavy atom. The predicted octanol–water partition coefficient (Wildman–Crippen LogP) is 2.58. The molecule has 1 atom stereocenters. The number of rotatable bonds is 8. The maximum absolute atomic E-state index is 11.7. The van der Waals surface area contributed by atoms with Gasteiger partial charge < -0.3 is 19.4 Å². The van der Waals surface area contributed by atoms with Crippen LogP contribution >= 0.6 is 0 Å². The van der Waals surface area contributed by atoms with Gasteiger partial charge in [-0.15, -0.1) is 10.2 Å². The summed E-state index contributed by atoms with van der Waals surface area (Å²) < 4.78 is 13.3. The summed E-state index contributed by atoms with van der Waals surface area (Å²) in [5.74, 6) is 3.89. The van der Waals surface area contributed by atoms with Crippen molar-refractivity contribution in [3.8, 4) is 11.5 Å². The van der Waals surface area contributed by atoms with Crippen molar-refractivity contribution in [2.75, 3.05) is 27.3 Å². The third-order valence-corrected chi connectivity index (χ3v) is 5.46. The van der Waals surface area contributed by atoms with Gasteiger partial charge >= 0.3 is 0 Å². The average Bonchev–Trinajstić information content (AvgIpc) is 3.01. The SMILES string of the molecule is COc1cccc(OC)c1CN1CCc2nnc([C@@H](CC(C)C)NC(C)=O)n2CC1. The van der Waals surface area contributed by atoms with Crippen molar-refractivity contribution < 1.29 is 14.3 Å². The number of nitrogens with zero attached hydrogens (tertiary/aromatic N) is 4. The molecule has 8 heteroatoms. The number of carbonyl (C=O) groups excluding carboxylic acids is 1. The molecule has 2 aromatic rings. The Morgan fingerprint density at radius 2 is 1.83 bits per heavy atom. The lowest BCUT2D eigenvalue weighted by atomic mass is 10.0. The molecule has 1 aromatic heterocycles. The first kappa shape index (κ1) is 22.1. The third-order valence-electron chi connectivity index (χ3n) is 5.46. The van der Waals surface area contributed by atoms with Gasteiger partial charge in [0.1, 0.15) is 17.3 Å². The molecule has 2 heterocycles. The van der Waals surface area contributed by atoms with Crippen LogP contribution in [0.5, 0.6) is 11.5 Å². The molecule has 0 saturated heterocycles. The maximum Gasteiger partial charge on any atom is 0.217 e. The predicted molar refractivity (Wildman–Crippen MR) is 115 cm³/mol. The Balaban J connectivity index is 1.78. The van der Waals surface area contributed by atoms with Crippen molar-refractivity contribution in [3.63, 3.8) is 0 Å². The molecule has 164 valence electrons. The van der Waals surface area contributed by atoms with Crippen LogP contribution in [0.4, 0.5) is 0 Å². The van der Waals surface area contributed by atoms with Crippen LogP contribution in [0.3, 0.4) is 0 Å². The normalized spacial score (nSPS) is 15.4. The lowest BCUT2D eigenvalue weighted by molar-refractivity contribution is -0.119. The number of hydrogen-bond acceptors (Lipinski definition) is 6. The molecule has 0 aliphatic carbocycles. The van der Waals surface area contributed by atoms with E-state index in [1.54, 1.807) is 21.1 Å². The smallest absolute Gasteiger partial charge is 0.217 e. The van der Waals surface area contributed by atoms with E-state index < -0.39 is 0 Å². The number of amides is 1. The van der Waals surface area contributed by atoms with Crippen LogP contribution in [0.15, 0.2) is 18.2 Å². The molecular formula is C22H33N5O3. The summed E-state index contributed by atoms with van der Waals surface area (Å²) in [5.41, 5.74) is 1.05. The quantitative estimate of drug-likeness (QED) is 0.714. The highest BCUT2D eigenvalue weighted by Crippen LogP contribution is 2.30. The van der Waals surface area contributed by atoms with Gasteiger partial charge in [-0.3, -0.25) is 9.69 Å². The Bertz CT molecular complexity index is 842. The van der Waals surface area contributed by atoms with Crippen LogP contribution in [0.2, 0.25) is 0 Å². The molecule has 1 aromatic carbocycles. The molecule has 0 spiro atoms. The minimum absolute atomic E-state index is 0.0449. The van der Waals surface area contributed by atoms with E-state index in [2.05, 4.69) is 38.8 Å². The molecule has 1 aliphatic rings. The van der Waals surface area contributed by atoms with E-state index in [0.717, 1.165) is 67.7 Å². The van der Waals surface area contributed by atoms with Crippen molar-refractivity contribution in [2.45, 2.75) is 52.7 Å². The minimum Gasteiger partial charge on any atom is -0.496 e. The van der Waals surface area contributed by atoms with Crippen molar-refractivity contribution in [2.24, 2.45) is 5.92 Å². The minimum atomic E-state index is -0.121. The summed E-state index contributed by atoms with van der Waals surface area (Å²) in [7, 11) is 3.37. The molecule has 0 saturated carbocycles. The molecular weight excluding hydrogens is 382 g/mol. The van der Waals surface area contributed by atoms with E-state index in [0.29, 0.717) is 5.92 Å². The van der Waals surface area contributed by atoms with Gasteiger partial charge in [0.05, 0.1) is 25.8 Å². The lowest BCUT2D eigenvalue weighted by Crippen LogP contribution is -2.31. The molecule has 1 N–H and O–H groups in total. The van der Waals surface area contributed by atoms with Gasteiger partial charge in [0, 0.05) is 39.5 Å². The first-order valence-electron chi connectivity index (χ1n) is 10.5. The first-order valence-corrected chi connectivity index (χ1v) is 10.5. The van der Waals surface area contributed by atoms with Crippen LogP contribution in [0.1, 0.15) is 50.4 Å². The molecule has 30 heavy (non-hydrogen) atoms. The highest BCUT2D eigenvalue weighted by atomic mass is 16.5. The molecule has 0 radical (unpaired) electrons. The number of benzene rings is 1. The molecule has 0 fully saturated rings. The Morgan fingerprint density at radius 1 is 1.13 bits per heavy atom. The first-order chi connectivity index (χ1) is 14.4. The van der Waals surface area contributed by atoms with Gasteiger partial charge in [0.15, 0.2) is 5.82 Å². The van der Waals surface area contributed by atoms with Crippen molar-refractivity contribution in [1.29, 1.82) is 0 Å². The lowest BCUT2D eigenvalue weighted by Gasteiger charge is -2.23. The number of ether oxygens (including phenoxy) is 2. The summed E-state index contributed by atoms with van der Waals surface area (Å²) in [6.07, 6.45) is 1.64. The van der Waals surface area contributed by atoms with Crippen LogP contribution in [0.25, 0.3) is 0 Å². The van der Waals surface area contributed by atoms with Crippen LogP contribution in [-0.2, 0) is 24.3 Å². The summed E-state index contributed by atoms with van der Waals surface area (Å²) in [4.78, 5) is 14.1. The molecule has 3 rings (SSSR count). The Kier molecular flexibility index (Phi) is 7.31. The molecule has 0 unspecified atom stereocenters. The van der Waals surface area contributed by atoms with Gasteiger partial charge in [0.2, 0.25) is 5.91 Å². The van der Waals surface area contributed by atoms with Gasteiger partial charge in [-0.25, -0.2) is 0 Å². The number of aromatic nitrogens is 3. The molecule has 1 amide bonds. The zero-order chi connectivity index (χ0) is 21.7. The fourth-order valence-electron chi connectivity index (χ4n) is 4.06. The van der Waals surface area contributed by atoms with E-state index in [-0.39, 0.29) is 11.9 Å². The number of hydrogen-bond donors (Lipinski definition) is 1. The monoisotopic (exact) mass is 415 g/mol. The second kappa shape index (κ2) is 9.93. The Labute approximate surface area is 178 Å². The fraction of sp³-hybridized carbons (Fsp3) is 0.591. The van der Waals surface area contributed by atoms with Gasteiger partial charge in [-0.05, 0) is 24.5 Å². The van der Waals surface area contributed by atoms with E-state index in [4.69, 9.17) is 9.47 Å².